The lowest BCUT2D eigenvalue weighted by atomic mass is 10.00. The van der Waals surface area contributed by atoms with Gasteiger partial charge in [0.05, 0.1) is 6.10 Å². The van der Waals surface area contributed by atoms with E-state index in [1.807, 2.05) is 50.4 Å². The third-order valence-corrected chi connectivity index (χ3v) is 3.47. The van der Waals surface area contributed by atoms with Crippen LogP contribution in [0.4, 0.5) is 0 Å². The monoisotopic (exact) mass is 305 g/mol. The molecule has 2 nitrogen and oxygen atoms in total. The first-order valence-corrected chi connectivity index (χ1v) is 6.71. The van der Waals surface area contributed by atoms with E-state index in [0.717, 1.165) is 26.9 Å². The zero-order valence-corrected chi connectivity index (χ0v) is 12.1. The molecule has 0 fully saturated rings. The molecule has 0 saturated heterocycles. The van der Waals surface area contributed by atoms with E-state index in [1.54, 1.807) is 0 Å². The van der Waals surface area contributed by atoms with Crippen LogP contribution in [0.3, 0.4) is 0 Å². The summed E-state index contributed by atoms with van der Waals surface area (Å²) in [6.07, 6.45) is 1.85. The summed E-state index contributed by atoms with van der Waals surface area (Å²) in [5.74, 6) is 0. The fourth-order valence-electron chi connectivity index (χ4n) is 1.90. The largest absolute Gasteiger partial charge is 0.388 e. The Labute approximate surface area is 116 Å². The molecule has 3 heteroatoms. The van der Waals surface area contributed by atoms with E-state index >= 15 is 0 Å². The normalized spacial score (nSPS) is 12.4. The Balaban J connectivity index is 2.18. The third kappa shape index (κ3) is 3.18. The molecule has 2 rings (SSSR count). The van der Waals surface area contributed by atoms with E-state index in [-0.39, 0.29) is 0 Å². The van der Waals surface area contributed by atoms with Crippen molar-refractivity contribution >= 4 is 15.9 Å². The average molecular weight is 306 g/mol. The van der Waals surface area contributed by atoms with E-state index in [4.69, 9.17) is 0 Å². The van der Waals surface area contributed by atoms with E-state index in [9.17, 15) is 5.11 Å². The molecular weight excluding hydrogens is 290 g/mol. The lowest BCUT2D eigenvalue weighted by Crippen LogP contribution is -2.05. The molecule has 0 aliphatic heterocycles. The van der Waals surface area contributed by atoms with Crippen molar-refractivity contribution in [3.8, 4) is 0 Å². The summed E-state index contributed by atoms with van der Waals surface area (Å²) >= 11 is 3.43. The van der Waals surface area contributed by atoms with Gasteiger partial charge in [0, 0.05) is 22.8 Å². The Morgan fingerprint density at radius 3 is 2.67 bits per heavy atom. The lowest BCUT2D eigenvalue weighted by Gasteiger charge is -2.14. The molecule has 2 aromatic rings. The first kappa shape index (κ1) is 13.2. The predicted molar refractivity (Wildman–Crippen MR) is 76.5 cm³/mol. The van der Waals surface area contributed by atoms with Gasteiger partial charge in [-0.3, -0.25) is 4.98 Å². The number of aliphatic hydroxyl groups is 1. The van der Waals surface area contributed by atoms with Gasteiger partial charge in [0.2, 0.25) is 0 Å². The number of halogens is 1. The minimum atomic E-state index is -0.516. The number of nitrogens with zero attached hydrogens (tertiary/aromatic N) is 1. The number of aryl methyl sites for hydroxylation is 2. The number of pyridine rings is 1. The molecule has 0 aliphatic rings. The highest BCUT2D eigenvalue weighted by atomic mass is 79.9. The molecule has 1 aromatic heterocycles. The molecule has 94 valence electrons. The predicted octanol–water partition coefficient (Wildman–Crippen LogP) is 3.74. The Morgan fingerprint density at radius 1 is 1.22 bits per heavy atom. The summed E-state index contributed by atoms with van der Waals surface area (Å²) in [4.78, 5) is 4.32. The maximum Gasteiger partial charge on any atom is 0.0848 e. The number of rotatable bonds is 3. The molecule has 0 amide bonds. The van der Waals surface area contributed by atoms with Gasteiger partial charge < -0.3 is 5.11 Å². The molecule has 1 aromatic carbocycles. The molecule has 1 heterocycles. The average Bonchev–Trinajstić information content (AvgIpc) is 2.35. The second-order valence-corrected chi connectivity index (χ2v) is 5.46. The second-order valence-electron chi connectivity index (χ2n) is 4.55. The van der Waals surface area contributed by atoms with Gasteiger partial charge in [-0.25, -0.2) is 0 Å². The minimum Gasteiger partial charge on any atom is -0.388 e. The van der Waals surface area contributed by atoms with E-state index in [2.05, 4.69) is 20.9 Å². The number of aliphatic hydroxyl groups excluding tert-OH is 1. The van der Waals surface area contributed by atoms with Gasteiger partial charge >= 0.3 is 0 Å². The fraction of sp³-hybridized carbons (Fsp3) is 0.267. The van der Waals surface area contributed by atoms with Crippen LogP contribution in [0.2, 0.25) is 0 Å². The number of aromatic nitrogens is 1. The Morgan fingerprint density at radius 2 is 2.00 bits per heavy atom. The minimum absolute atomic E-state index is 0.516. The SMILES string of the molecule is Cc1ccc(CC(O)c2cc(Br)ccc2C)nc1. The van der Waals surface area contributed by atoms with Gasteiger partial charge in [0.15, 0.2) is 0 Å². The molecule has 18 heavy (non-hydrogen) atoms. The van der Waals surface area contributed by atoms with Crippen molar-refractivity contribution in [1.29, 1.82) is 0 Å². The second kappa shape index (κ2) is 5.63. The van der Waals surface area contributed by atoms with Gasteiger partial charge in [-0.2, -0.15) is 0 Å². The van der Waals surface area contributed by atoms with Crippen molar-refractivity contribution in [2.24, 2.45) is 0 Å². The van der Waals surface area contributed by atoms with Crippen LogP contribution in [0.15, 0.2) is 41.0 Å². The Kier molecular flexibility index (Phi) is 4.15. The topological polar surface area (TPSA) is 33.1 Å². The number of benzene rings is 1. The van der Waals surface area contributed by atoms with E-state index in [0.29, 0.717) is 6.42 Å². The smallest absolute Gasteiger partial charge is 0.0848 e. The summed E-state index contributed by atoms with van der Waals surface area (Å²) in [5, 5.41) is 10.3. The highest BCUT2D eigenvalue weighted by Crippen LogP contribution is 2.24. The molecule has 0 bridgehead atoms. The molecule has 1 unspecified atom stereocenters. The third-order valence-electron chi connectivity index (χ3n) is 2.98. The number of hydrogen-bond acceptors (Lipinski definition) is 2. The molecule has 0 radical (unpaired) electrons. The zero-order valence-electron chi connectivity index (χ0n) is 10.5. The van der Waals surface area contributed by atoms with Crippen molar-refractivity contribution in [3.63, 3.8) is 0 Å². The van der Waals surface area contributed by atoms with Gasteiger partial charge in [-0.05, 0) is 48.7 Å². The standard InChI is InChI=1S/C15H16BrNO/c1-10-3-6-13(17-9-10)8-15(18)14-7-12(16)5-4-11(14)2/h3-7,9,15,18H,8H2,1-2H3. The maximum atomic E-state index is 10.3. The van der Waals surface area contributed by atoms with Crippen LogP contribution in [0.1, 0.15) is 28.5 Å². The molecule has 0 aliphatic carbocycles. The molecule has 0 spiro atoms. The van der Waals surface area contributed by atoms with Crippen LogP contribution >= 0.6 is 15.9 Å². The Hall–Kier alpha value is -1.19. The summed E-state index contributed by atoms with van der Waals surface area (Å²) in [5.41, 5.74) is 4.09. The first-order chi connectivity index (χ1) is 8.56. The summed E-state index contributed by atoms with van der Waals surface area (Å²) < 4.78 is 0.985. The maximum absolute atomic E-state index is 10.3. The van der Waals surface area contributed by atoms with Crippen molar-refractivity contribution < 1.29 is 5.11 Å². The van der Waals surface area contributed by atoms with Crippen molar-refractivity contribution in [1.82, 2.24) is 4.98 Å². The van der Waals surface area contributed by atoms with Crippen molar-refractivity contribution in [2.75, 3.05) is 0 Å². The van der Waals surface area contributed by atoms with Crippen LogP contribution in [0, 0.1) is 13.8 Å². The van der Waals surface area contributed by atoms with Gasteiger partial charge in [0.25, 0.3) is 0 Å². The van der Waals surface area contributed by atoms with Crippen molar-refractivity contribution in [3.05, 3.63) is 63.4 Å². The van der Waals surface area contributed by atoms with Crippen LogP contribution in [0.5, 0.6) is 0 Å². The van der Waals surface area contributed by atoms with Crippen LogP contribution in [-0.4, -0.2) is 10.1 Å². The van der Waals surface area contributed by atoms with Crippen LogP contribution in [-0.2, 0) is 6.42 Å². The van der Waals surface area contributed by atoms with E-state index in [1.165, 1.54) is 0 Å². The van der Waals surface area contributed by atoms with Gasteiger partial charge in [-0.15, -0.1) is 0 Å². The molecular formula is C15H16BrNO. The molecule has 0 saturated carbocycles. The van der Waals surface area contributed by atoms with Crippen molar-refractivity contribution in [2.45, 2.75) is 26.4 Å². The summed E-state index contributed by atoms with van der Waals surface area (Å²) in [7, 11) is 0. The van der Waals surface area contributed by atoms with Crippen LogP contribution < -0.4 is 0 Å². The van der Waals surface area contributed by atoms with Gasteiger partial charge in [0.1, 0.15) is 0 Å². The van der Waals surface area contributed by atoms with E-state index < -0.39 is 6.10 Å². The fourth-order valence-corrected chi connectivity index (χ4v) is 2.28. The lowest BCUT2D eigenvalue weighted by molar-refractivity contribution is 0.176. The molecule has 1 atom stereocenters. The molecule has 1 N–H and O–H groups in total. The summed E-state index contributed by atoms with van der Waals surface area (Å²) in [6, 6.07) is 9.93. The summed E-state index contributed by atoms with van der Waals surface area (Å²) in [6.45, 7) is 4.01. The Bertz CT molecular complexity index is 537. The van der Waals surface area contributed by atoms with Crippen LogP contribution in [0.25, 0.3) is 0 Å². The highest BCUT2D eigenvalue weighted by molar-refractivity contribution is 9.10. The first-order valence-electron chi connectivity index (χ1n) is 5.92. The number of hydrogen-bond donors (Lipinski definition) is 1. The zero-order chi connectivity index (χ0) is 13.1. The van der Waals surface area contributed by atoms with Gasteiger partial charge in [-0.1, -0.05) is 28.1 Å². The quantitative estimate of drug-likeness (QED) is 0.937. The highest BCUT2D eigenvalue weighted by Gasteiger charge is 2.12.